The molecule has 0 saturated heterocycles. The number of hydrogen-bond donors (Lipinski definition) is 1. The minimum atomic E-state index is -0.501. The topological polar surface area (TPSA) is 64.4 Å². The zero-order valence-corrected chi connectivity index (χ0v) is 10.1. The van der Waals surface area contributed by atoms with E-state index in [0.29, 0.717) is 17.1 Å². The Labute approximate surface area is 108 Å². The lowest BCUT2D eigenvalue weighted by molar-refractivity contribution is -0.383. The smallest absolute Gasteiger partial charge is 0.292 e. The van der Waals surface area contributed by atoms with Gasteiger partial charge in [0.1, 0.15) is 17.3 Å². The van der Waals surface area contributed by atoms with Crippen LogP contribution < -0.4 is 10.1 Å². The van der Waals surface area contributed by atoms with Gasteiger partial charge in [-0.15, -0.1) is 0 Å². The normalized spacial score (nSPS) is 10.0. The molecule has 5 nitrogen and oxygen atoms in total. The molecule has 0 aromatic heterocycles. The first kappa shape index (κ1) is 12.8. The Balaban J connectivity index is 2.36. The number of benzene rings is 2. The van der Waals surface area contributed by atoms with Gasteiger partial charge in [-0.25, -0.2) is 4.39 Å². The second-order valence-corrected chi connectivity index (χ2v) is 3.78. The number of halogens is 1. The molecule has 0 spiro atoms. The third kappa shape index (κ3) is 2.98. The van der Waals surface area contributed by atoms with Gasteiger partial charge < -0.3 is 10.1 Å². The van der Waals surface area contributed by atoms with Crippen LogP contribution in [-0.2, 0) is 0 Å². The largest absolute Gasteiger partial charge is 0.497 e. The first-order valence-corrected chi connectivity index (χ1v) is 5.45. The SMILES string of the molecule is COc1cc(F)cc(Nc2ccccc2[N+](=O)[O-])c1. The van der Waals surface area contributed by atoms with Gasteiger partial charge in [-0.2, -0.15) is 0 Å². The van der Waals surface area contributed by atoms with Crippen molar-refractivity contribution < 1.29 is 14.1 Å². The number of nitrogens with one attached hydrogen (secondary N) is 1. The molecular weight excluding hydrogens is 251 g/mol. The van der Waals surface area contributed by atoms with Gasteiger partial charge >= 0.3 is 0 Å². The van der Waals surface area contributed by atoms with Gasteiger partial charge in [-0.1, -0.05) is 12.1 Å². The molecule has 2 rings (SSSR count). The van der Waals surface area contributed by atoms with Crippen molar-refractivity contribution in [2.75, 3.05) is 12.4 Å². The number of nitrogens with zero attached hydrogens (tertiary/aromatic N) is 1. The average Bonchev–Trinajstić information content (AvgIpc) is 2.38. The molecule has 0 amide bonds. The summed E-state index contributed by atoms with van der Waals surface area (Å²) in [5.74, 6) is -0.151. The molecule has 0 aliphatic heterocycles. The van der Waals surface area contributed by atoms with Crippen molar-refractivity contribution >= 4 is 17.1 Å². The third-order valence-electron chi connectivity index (χ3n) is 2.49. The molecule has 0 heterocycles. The second-order valence-electron chi connectivity index (χ2n) is 3.78. The summed E-state index contributed by atoms with van der Waals surface area (Å²) in [5.41, 5.74) is 0.594. The second kappa shape index (κ2) is 5.34. The summed E-state index contributed by atoms with van der Waals surface area (Å²) < 4.78 is 18.3. The molecule has 0 bridgehead atoms. The number of anilines is 2. The molecule has 0 saturated carbocycles. The molecule has 6 heteroatoms. The summed E-state index contributed by atoms with van der Waals surface area (Å²) in [7, 11) is 1.42. The van der Waals surface area contributed by atoms with Gasteiger partial charge in [-0.05, 0) is 12.1 Å². The highest BCUT2D eigenvalue weighted by molar-refractivity contribution is 5.70. The summed E-state index contributed by atoms with van der Waals surface area (Å²) in [6.07, 6.45) is 0. The van der Waals surface area contributed by atoms with Crippen molar-refractivity contribution in [3.63, 3.8) is 0 Å². The number of para-hydroxylation sites is 2. The Morgan fingerprint density at radius 2 is 2.00 bits per heavy atom. The van der Waals surface area contributed by atoms with E-state index in [4.69, 9.17) is 4.74 Å². The van der Waals surface area contributed by atoms with Gasteiger partial charge in [-0.3, -0.25) is 10.1 Å². The highest BCUT2D eigenvalue weighted by Crippen LogP contribution is 2.29. The van der Waals surface area contributed by atoms with Crippen LogP contribution in [0.25, 0.3) is 0 Å². The van der Waals surface area contributed by atoms with E-state index >= 15 is 0 Å². The number of rotatable bonds is 4. The Morgan fingerprint density at radius 3 is 2.68 bits per heavy atom. The lowest BCUT2D eigenvalue weighted by Gasteiger charge is -2.08. The van der Waals surface area contributed by atoms with Crippen LogP contribution in [0.15, 0.2) is 42.5 Å². The fourth-order valence-corrected chi connectivity index (χ4v) is 1.65. The molecular formula is C13H11FN2O3. The van der Waals surface area contributed by atoms with Crippen molar-refractivity contribution in [2.24, 2.45) is 0 Å². The molecule has 0 radical (unpaired) electrons. The molecule has 2 aromatic rings. The van der Waals surface area contributed by atoms with Crippen LogP contribution in [0.5, 0.6) is 5.75 Å². The minimum absolute atomic E-state index is 0.0780. The molecule has 1 N–H and O–H groups in total. The number of ether oxygens (including phenoxy) is 1. The van der Waals surface area contributed by atoms with Gasteiger partial charge in [0.2, 0.25) is 0 Å². The number of methoxy groups -OCH3 is 1. The van der Waals surface area contributed by atoms with E-state index in [9.17, 15) is 14.5 Å². The lowest BCUT2D eigenvalue weighted by Crippen LogP contribution is -1.97. The Bertz CT molecular complexity index is 617. The standard InChI is InChI=1S/C13H11FN2O3/c1-19-11-7-9(14)6-10(8-11)15-12-4-2-3-5-13(12)16(17)18/h2-8,15H,1H3. The zero-order chi connectivity index (χ0) is 13.8. The fourth-order valence-electron chi connectivity index (χ4n) is 1.65. The van der Waals surface area contributed by atoms with E-state index in [1.165, 1.54) is 25.3 Å². The van der Waals surface area contributed by atoms with E-state index < -0.39 is 10.7 Å². The Morgan fingerprint density at radius 1 is 1.26 bits per heavy atom. The highest BCUT2D eigenvalue weighted by Gasteiger charge is 2.12. The van der Waals surface area contributed by atoms with Gasteiger partial charge in [0.05, 0.1) is 12.0 Å². The summed E-state index contributed by atoms with van der Waals surface area (Å²) >= 11 is 0. The maximum Gasteiger partial charge on any atom is 0.292 e. The number of nitro benzene ring substituents is 1. The molecule has 2 aromatic carbocycles. The first-order chi connectivity index (χ1) is 9.10. The van der Waals surface area contributed by atoms with Crippen molar-refractivity contribution in [3.05, 3.63) is 58.4 Å². The zero-order valence-electron chi connectivity index (χ0n) is 10.1. The van der Waals surface area contributed by atoms with Crippen LogP contribution >= 0.6 is 0 Å². The third-order valence-corrected chi connectivity index (χ3v) is 2.49. The van der Waals surface area contributed by atoms with Gasteiger partial charge in [0, 0.05) is 23.9 Å². The Hall–Kier alpha value is -2.63. The maximum absolute atomic E-state index is 13.3. The molecule has 19 heavy (non-hydrogen) atoms. The van der Waals surface area contributed by atoms with E-state index in [-0.39, 0.29) is 5.69 Å². The van der Waals surface area contributed by atoms with Crippen molar-refractivity contribution in [2.45, 2.75) is 0 Å². The van der Waals surface area contributed by atoms with Gasteiger partial charge in [0.15, 0.2) is 0 Å². The highest BCUT2D eigenvalue weighted by atomic mass is 19.1. The maximum atomic E-state index is 13.3. The van der Waals surface area contributed by atoms with Crippen molar-refractivity contribution in [1.82, 2.24) is 0 Å². The van der Waals surface area contributed by atoms with Crippen LogP contribution in [0.2, 0.25) is 0 Å². The molecule has 0 fully saturated rings. The Kier molecular flexibility index (Phi) is 3.61. The van der Waals surface area contributed by atoms with E-state index in [1.807, 2.05) is 0 Å². The average molecular weight is 262 g/mol. The fraction of sp³-hybridized carbons (Fsp3) is 0.0769. The summed E-state index contributed by atoms with van der Waals surface area (Å²) in [5, 5.41) is 13.7. The van der Waals surface area contributed by atoms with Crippen molar-refractivity contribution in [1.29, 1.82) is 0 Å². The van der Waals surface area contributed by atoms with E-state index in [1.54, 1.807) is 24.3 Å². The minimum Gasteiger partial charge on any atom is -0.497 e. The molecule has 98 valence electrons. The first-order valence-electron chi connectivity index (χ1n) is 5.45. The molecule has 0 aliphatic rings. The number of hydrogen-bond acceptors (Lipinski definition) is 4. The molecule has 0 atom stereocenters. The van der Waals surface area contributed by atoms with Crippen LogP contribution in [0, 0.1) is 15.9 Å². The predicted octanol–water partition coefficient (Wildman–Crippen LogP) is 3.49. The monoisotopic (exact) mass is 262 g/mol. The summed E-state index contributed by atoms with van der Waals surface area (Å²) in [4.78, 5) is 10.4. The van der Waals surface area contributed by atoms with Crippen LogP contribution in [0.1, 0.15) is 0 Å². The quantitative estimate of drug-likeness (QED) is 0.676. The van der Waals surface area contributed by atoms with E-state index in [0.717, 1.165) is 0 Å². The molecule has 0 aliphatic carbocycles. The van der Waals surface area contributed by atoms with Crippen LogP contribution in [0.3, 0.4) is 0 Å². The van der Waals surface area contributed by atoms with E-state index in [2.05, 4.69) is 5.32 Å². The van der Waals surface area contributed by atoms with Crippen LogP contribution in [0.4, 0.5) is 21.5 Å². The number of nitro groups is 1. The predicted molar refractivity (Wildman–Crippen MR) is 69.3 cm³/mol. The van der Waals surface area contributed by atoms with Crippen LogP contribution in [-0.4, -0.2) is 12.0 Å². The van der Waals surface area contributed by atoms with Crippen molar-refractivity contribution in [3.8, 4) is 5.75 Å². The summed E-state index contributed by atoms with van der Waals surface area (Å²) in [6.45, 7) is 0. The molecule has 0 unspecified atom stereocenters. The van der Waals surface area contributed by atoms with Gasteiger partial charge in [0.25, 0.3) is 5.69 Å². The lowest BCUT2D eigenvalue weighted by atomic mass is 10.2. The summed E-state index contributed by atoms with van der Waals surface area (Å²) in [6, 6.07) is 10.2.